The number of carbonyl (C=O) groups is 5. The van der Waals surface area contributed by atoms with Gasteiger partial charge >= 0.3 is 41.5 Å². The third-order valence-corrected chi connectivity index (χ3v) is 2.43. The minimum atomic E-state index is -1.25. The first kappa shape index (κ1) is 39.2. The largest absolute Gasteiger partial charge is 1.00 e. The molecule has 0 aliphatic rings. The quantitative estimate of drug-likeness (QED) is 0.0848. The summed E-state index contributed by atoms with van der Waals surface area (Å²) in [4.78, 5) is 50.6. The molecule has 0 saturated carbocycles. The summed E-state index contributed by atoms with van der Waals surface area (Å²) in [5, 5.41) is 0. The molecule has 0 bridgehead atoms. The van der Waals surface area contributed by atoms with Crippen LogP contribution in [0.4, 0.5) is 0 Å². The van der Waals surface area contributed by atoms with Crippen LogP contribution >= 0.6 is 0 Å². The predicted octanol–water partition coefficient (Wildman–Crippen LogP) is -1.17. The van der Waals surface area contributed by atoms with Gasteiger partial charge in [-0.15, -0.1) is 0 Å². The fourth-order valence-corrected chi connectivity index (χ4v) is 1.34. The molecule has 0 N–H and O–H groups in total. The van der Waals surface area contributed by atoms with Crippen molar-refractivity contribution in [1.82, 2.24) is 0 Å². The molecule has 0 saturated heterocycles. The molecule has 0 spiro atoms. The standard InChI is InChI=1S/C9H18O4.C6H8O4.C3H6O2.CH4.Na.H/c1-4-11-8(10)7-9(12-5-2)13-6-3;1-2-10-6(9)5(3-7)4-8;1-2-5-3-4;;;/h9H,4-7H2,1-3H3;3-5H,2H2,1H3;3H,2H2,1H3;1H4;;/q;;;;+1;-1. The second-order valence-electron chi connectivity index (χ2n) is 4.45. The first-order chi connectivity index (χ1) is 13.4. The normalized spacial score (nSPS) is 8.63. The first-order valence-electron chi connectivity index (χ1n) is 8.93. The van der Waals surface area contributed by atoms with Gasteiger partial charge in [-0.2, -0.15) is 0 Å². The summed E-state index contributed by atoms with van der Waals surface area (Å²) in [5.74, 6) is -2.32. The van der Waals surface area contributed by atoms with Crippen LogP contribution in [0.1, 0.15) is 49.9 Å². The van der Waals surface area contributed by atoms with Gasteiger partial charge < -0.3 is 34.7 Å². The summed E-state index contributed by atoms with van der Waals surface area (Å²) in [6, 6.07) is 0. The third-order valence-electron chi connectivity index (χ3n) is 2.43. The van der Waals surface area contributed by atoms with Gasteiger partial charge in [0.2, 0.25) is 0 Å². The Bertz CT molecular complexity index is 410. The maximum Gasteiger partial charge on any atom is 1.00 e. The van der Waals surface area contributed by atoms with Crippen LogP contribution in [0.2, 0.25) is 0 Å². The molecule has 30 heavy (non-hydrogen) atoms. The number of hydrogen-bond donors (Lipinski definition) is 0. The molecule has 0 aliphatic heterocycles. The molecule has 174 valence electrons. The van der Waals surface area contributed by atoms with Crippen LogP contribution in [0.15, 0.2) is 0 Å². The van der Waals surface area contributed by atoms with Crippen LogP contribution in [0.25, 0.3) is 0 Å². The van der Waals surface area contributed by atoms with E-state index in [2.05, 4.69) is 9.47 Å². The SMILES string of the molecule is C.CCOC(=O)C(C=O)C=O.CCOC(=O)CC(OCC)OCC.CCOC=O.[H-].[Na+]. The molecular weight excluding hydrogens is 411 g/mol. The van der Waals surface area contributed by atoms with Crippen molar-refractivity contribution in [2.24, 2.45) is 5.92 Å². The summed E-state index contributed by atoms with van der Waals surface area (Å²) in [5.41, 5.74) is 0. The van der Waals surface area contributed by atoms with E-state index in [1.807, 2.05) is 13.8 Å². The number of esters is 2. The molecule has 0 rings (SSSR count). The van der Waals surface area contributed by atoms with Crippen molar-refractivity contribution in [2.45, 2.75) is 54.8 Å². The van der Waals surface area contributed by atoms with Gasteiger partial charge in [-0.3, -0.25) is 14.4 Å². The van der Waals surface area contributed by atoms with E-state index in [1.54, 1.807) is 20.8 Å². The van der Waals surface area contributed by atoms with E-state index >= 15 is 0 Å². The van der Waals surface area contributed by atoms with E-state index in [0.717, 1.165) is 0 Å². The van der Waals surface area contributed by atoms with E-state index in [4.69, 9.17) is 14.2 Å². The van der Waals surface area contributed by atoms with Gasteiger partial charge in [-0.25, -0.2) is 0 Å². The predicted molar refractivity (Wildman–Crippen MR) is 106 cm³/mol. The van der Waals surface area contributed by atoms with Gasteiger partial charge in [0.25, 0.3) is 6.47 Å². The molecular formula is C19H37NaO10. The van der Waals surface area contributed by atoms with E-state index in [9.17, 15) is 24.0 Å². The monoisotopic (exact) mass is 448 g/mol. The second kappa shape index (κ2) is 32.3. The Labute approximate surface area is 203 Å². The molecule has 0 aromatic heterocycles. The van der Waals surface area contributed by atoms with Crippen molar-refractivity contribution >= 4 is 31.0 Å². The summed E-state index contributed by atoms with van der Waals surface area (Å²) in [6.07, 6.45) is 0.208. The Balaban J connectivity index is -0.0000000781. The first-order valence-corrected chi connectivity index (χ1v) is 8.93. The van der Waals surface area contributed by atoms with Crippen LogP contribution in [-0.4, -0.2) is 70.3 Å². The minimum absolute atomic E-state index is 0. The minimum Gasteiger partial charge on any atom is -1.00 e. The molecule has 0 fully saturated rings. The van der Waals surface area contributed by atoms with Crippen LogP contribution in [0, 0.1) is 5.92 Å². The van der Waals surface area contributed by atoms with Gasteiger partial charge in [0.15, 0.2) is 12.2 Å². The van der Waals surface area contributed by atoms with Crippen LogP contribution in [-0.2, 0) is 47.7 Å². The number of aldehydes is 2. The smallest absolute Gasteiger partial charge is 1.00 e. The Morgan fingerprint density at radius 2 is 1.27 bits per heavy atom. The van der Waals surface area contributed by atoms with Crippen LogP contribution < -0.4 is 29.6 Å². The second-order valence-corrected chi connectivity index (χ2v) is 4.45. The molecule has 10 nitrogen and oxygen atoms in total. The molecule has 0 aliphatic carbocycles. The van der Waals surface area contributed by atoms with Crippen molar-refractivity contribution in [3.63, 3.8) is 0 Å². The number of rotatable bonds is 13. The van der Waals surface area contributed by atoms with E-state index < -0.39 is 18.2 Å². The van der Waals surface area contributed by atoms with Crippen molar-refractivity contribution < 1.29 is 78.6 Å². The van der Waals surface area contributed by atoms with E-state index in [0.29, 0.717) is 32.9 Å². The van der Waals surface area contributed by atoms with E-state index in [-0.39, 0.29) is 70.0 Å². The zero-order valence-electron chi connectivity index (χ0n) is 19.2. The number of ether oxygens (including phenoxy) is 5. The number of carbonyl (C=O) groups excluding carboxylic acids is 5. The molecule has 0 aromatic carbocycles. The summed E-state index contributed by atoms with van der Waals surface area (Å²) < 4.78 is 23.7. The Hall–Kier alpha value is -1.33. The molecule has 11 heteroatoms. The summed E-state index contributed by atoms with van der Waals surface area (Å²) >= 11 is 0. The van der Waals surface area contributed by atoms with Crippen LogP contribution in [0.5, 0.6) is 0 Å². The van der Waals surface area contributed by atoms with Gasteiger partial charge in [-0.05, 0) is 34.6 Å². The Kier molecular flexibility index (Phi) is 42.2. The average Bonchev–Trinajstić information content (AvgIpc) is 2.65. The fourth-order valence-electron chi connectivity index (χ4n) is 1.34. The maximum absolute atomic E-state index is 11.0. The van der Waals surface area contributed by atoms with Crippen molar-refractivity contribution in [2.75, 3.05) is 33.0 Å². The van der Waals surface area contributed by atoms with Gasteiger partial charge in [0, 0.05) is 13.2 Å². The summed E-state index contributed by atoms with van der Waals surface area (Å²) in [6.45, 7) is 11.4. The molecule has 0 unspecified atom stereocenters. The molecule has 0 heterocycles. The Morgan fingerprint density at radius 1 is 0.800 bits per heavy atom. The van der Waals surface area contributed by atoms with Crippen molar-refractivity contribution in [3.8, 4) is 0 Å². The topological polar surface area (TPSA) is 132 Å². The van der Waals surface area contributed by atoms with Crippen LogP contribution in [0.3, 0.4) is 0 Å². The van der Waals surface area contributed by atoms with E-state index in [1.165, 1.54) is 0 Å². The maximum atomic E-state index is 11.0. The molecule has 0 radical (unpaired) electrons. The van der Waals surface area contributed by atoms with Crippen molar-refractivity contribution in [1.29, 1.82) is 0 Å². The Morgan fingerprint density at radius 3 is 1.53 bits per heavy atom. The van der Waals surface area contributed by atoms with Crippen molar-refractivity contribution in [3.05, 3.63) is 0 Å². The molecule has 0 amide bonds. The summed E-state index contributed by atoms with van der Waals surface area (Å²) in [7, 11) is 0. The average molecular weight is 448 g/mol. The number of hydrogen-bond acceptors (Lipinski definition) is 10. The zero-order chi connectivity index (χ0) is 22.2. The molecule has 0 atom stereocenters. The zero-order valence-corrected chi connectivity index (χ0v) is 20.2. The van der Waals surface area contributed by atoms with Gasteiger partial charge in [0.1, 0.15) is 12.6 Å². The van der Waals surface area contributed by atoms with Gasteiger partial charge in [0.05, 0.1) is 26.2 Å². The van der Waals surface area contributed by atoms with Gasteiger partial charge in [-0.1, -0.05) is 7.43 Å². The third kappa shape index (κ3) is 28.9. The molecule has 0 aromatic rings. The fraction of sp³-hybridized carbons (Fsp3) is 0.737.